The van der Waals surface area contributed by atoms with Crippen molar-refractivity contribution in [2.75, 3.05) is 14.2 Å². The van der Waals surface area contributed by atoms with Crippen LogP contribution in [-0.2, 0) is 0 Å². The van der Waals surface area contributed by atoms with Crippen LogP contribution in [0.1, 0.15) is 42.0 Å². The Hall–Kier alpha value is -1.02. The van der Waals surface area contributed by atoms with E-state index in [1.165, 1.54) is 36.0 Å². The summed E-state index contributed by atoms with van der Waals surface area (Å²) < 4.78 is 5.47. The molecule has 0 amide bonds. The third kappa shape index (κ3) is 2.06. The van der Waals surface area contributed by atoms with Crippen LogP contribution in [0.15, 0.2) is 12.1 Å². The monoisotopic (exact) mass is 259 g/mol. The van der Waals surface area contributed by atoms with Crippen molar-refractivity contribution < 1.29 is 4.74 Å². The first-order valence-electron chi connectivity index (χ1n) is 7.49. The summed E-state index contributed by atoms with van der Waals surface area (Å²) in [5.74, 6) is 3.88. The fourth-order valence-electron chi connectivity index (χ4n) is 4.44. The summed E-state index contributed by atoms with van der Waals surface area (Å²) in [5.41, 5.74) is 3.95. The van der Waals surface area contributed by atoms with Crippen molar-refractivity contribution >= 4 is 0 Å². The second-order valence-corrected chi connectivity index (χ2v) is 6.29. The number of ether oxygens (including phenoxy) is 1. The maximum Gasteiger partial charge on any atom is 0.124 e. The lowest BCUT2D eigenvalue weighted by Gasteiger charge is -2.21. The molecule has 0 radical (unpaired) electrons. The van der Waals surface area contributed by atoms with E-state index >= 15 is 0 Å². The van der Waals surface area contributed by atoms with Gasteiger partial charge in [0.15, 0.2) is 0 Å². The van der Waals surface area contributed by atoms with E-state index in [1.54, 1.807) is 7.11 Å². The first kappa shape index (κ1) is 13.0. The van der Waals surface area contributed by atoms with Gasteiger partial charge in [-0.1, -0.05) is 18.6 Å². The van der Waals surface area contributed by atoms with Gasteiger partial charge in [-0.3, -0.25) is 0 Å². The van der Waals surface area contributed by atoms with Crippen LogP contribution in [0, 0.1) is 31.6 Å². The van der Waals surface area contributed by atoms with Gasteiger partial charge in [0.05, 0.1) is 7.11 Å². The highest BCUT2D eigenvalue weighted by molar-refractivity contribution is 5.44. The van der Waals surface area contributed by atoms with Crippen LogP contribution in [0.3, 0.4) is 0 Å². The van der Waals surface area contributed by atoms with Crippen molar-refractivity contribution in [2.45, 2.75) is 39.2 Å². The second-order valence-electron chi connectivity index (χ2n) is 6.29. The van der Waals surface area contributed by atoms with Gasteiger partial charge in [-0.25, -0.2) is 0 Å². The average Bonchev–Trinajstić information content (AvgIpc) is 2.84. The molecule has 3 unspecified atom stereocenters. The lowest BCUT2D eigenvalue weighted by molar-refractivity contribution is 0.406. The van der Waals surface area contributed by atoms with E-state index in [0.717, 1.165) is 23.5 Å². The largest absolute Gasteiger partial charge is 0.496 e. The van der Waals surface area contributed by atoms with Gasteiger partial charge >= 0.3 is 0 Å². The molecule has 1 aromatic rings. The zero-order valence-corrected chi connectivity index (χ0v) is 12.5. The van der Waals surface area contributed by atoms with Gasteiger partial charge < -0.3 is 10.1 Å². The summed E-state index contributed by atoms with van der Waals surface area (Å²) >= 11 is 0. The highest BCUT2D eigenvalue weighted by Gasteiger charge is 2.55. The molecular weight excluding hydrogens is 234 g/mol. The number of rotatable bonds is 4. The smallest absolute Gasteiger partial charge is 0.124 e. The van der Waals surface area contributed by atoms with Crippen LogP contribution in [-0.4, -0.2) is 14.2 Å². The minimum absolute atomic E-state index is 0.526. The lowest BCUT2D eigenvalue weighted by atomic mass is 9.94. The van der Waals surface area contributed by atoms with E-state index in [9.17, 15) is 0 Å². The first-order chi connectivity index (χ1) is 9.17. The fourth-order valence-corrected chi connectivity index (χ4v) is 4.44. The Morgan fingerprint density at radius 3 is 2.21 bits per heavy atom. The number of hydrogen-bond donors (Lipinski definition) is 1. The van der Waals surface area contributed by atoms with Crippen molar-refractivity contribution in [3.63, 3.8) is 0 Å². The Morgan fingerprint density at radius 1 is 1.16 bits per heavy atom. The molecule has 0 saturated heterocycles. The van der Waals surface area contributed by atoms with Crippen LogP contribution in [0.2, 0.25) is 0 Å². The maximum absolute atomic E-state index is 5.47. The average molecular weight is 259 g/mol. The third-order valence-corrected chi connectivity index (χ3v) is 5.21. The molecule has 2 fully saturated rings. The normalized spacial score (nSPS) is 30.0. The van der Waals surface area contributed by atoms with Crippen LogP contribution in [0.4, 0.5) is 0 Å². The number of fused-ring (bicyclic) bond motifs is 1. The molecule has 1 aromatic carbocycles. The molecule has 2 saturated carbocycles. The van der Waals surface area contributed by atoms with Crippen molar-refractivity contribution in [1.82, 2.24) is 5.32 Å². The number of hydrogen-bond acceptors (Lipinski definition) is 2. The molecule has 0 spiro atoms. The lowest BCUT2D eigenvalue weighted by Crippen LogP contribution is -2.21. The van der Waals surface area contributed by atoms with Gasteiger partial charge in [0.2, 0.25) is 0 Å². The predicted molar refractivity (Wildman–Crippen MR) is 78.6 cm³/mol. The standard InChI is InChI=1S/C17H25NO/c1-10-8-12(9-11(2)17(10)19-4)16(18-3)15-13-6-5-7-14(13)15/h8-9,13-16,18H,5-7H2,1-4H3. The Morgan fingerprint density at radius 2 is 1.74 bits per heavy atom. The number of nitrogens with one attached hydrogen (secondary N) is 1. The fraction of sp³-hybridized carbons (Fsp3) is 0.647. The van der Waals surface area contributed by atoms with Gasteiger partial charge in [-0.05, 0) is 68.2 Å². The van der Waals surface area contributed by atoms with Gasteiger partial charge in [-0.15, -0.1) is 0 Å². The van der Waals surface area contributed by atoms with Crippen molar-refractivity contribution in [3.8, 4) is 5.75 Å². The minimum Gasteiger partial charge on any atom is -0.496 e. The Bertz CT molecular complexity index is 449. The molecule has 0 aliphatic heterocycles. The van der Waals surface area contributed by atoms with E-state index in [2.05, 4.69) is 38.3 Å². The van der Waals surface area contributed by atoms with Gasteiger partial charge in [-0.2, -0.15) is 0 Å². The molecule has 3 atom stereocenters. The number of aryl methyl sites for hydroxylation is 2. The van der Waals surface area contributed by atoms with Crippen LogP contribution in [0.5, 0.6) is 5.75 Å². The van der Waals surface area contributed by atoms with E-state index in [1.807, 2.05) is 0 Å². The molecule has 2 aliphatic carbocycles. The Labute approximate surface area is 116 Å². The summed E-state index contributed by atoms with van der Waals surface area (Å²) in [6.45, 7) is 4.30. The first-order valence-corrected chi connectivity index (χ1v) is 7.49. The summed E-state index contributed by atoms with van der Waals surface area (Å²) in [6, 6.07) is 5.14. The molecule has 0 aromatic heterocycles. The molecule has 104 valence electrons. The maximum atomic E-state index is 5.47. The number of benzene rings is 1. The van der Waals surface area contributed by atoms with Crippen molar-refractivity contribution in [1.29, 1.82) is 0 Å². The molecule has 3 rings (SSSR count). The van der Waals surface area contributed by atoms with Gasteiger partial charge in [0.25, 0.3) is 0 Å². The molecule has 0 heterocycles. The highest BCUT2D eigenvalue weighted by Crippen LogP contribution is 2.62. The van der Waals surface area contributed by atoms with E-state index < -0.39 is 0 Å². The zero-order valence-electron chi connectivity index (χ0n) is 12.5. The summed E-state index contributed by atoms with van der Waals surface area (Å²) in [7, 11) is 3.86. The van der Waals surface area contributed by atoms with Gasteiger partial charge in [0, 0.05) is 6.04 Å². The SMILES string of the molecule is CNC(c1cc(C)c(OC)c(C)c1)C1C2CCCC21. The van der Waals surface area contributed by atoms with Crippen LogP contribution >= 0.6 is 0 Å². The van der Waals surface area contributed by atoms with E-state index in [4.69, 9.17) is 4.74 Å². The zero-order chi connectivity index (χ0) is 13.6. The summed E-state index contributed by atoms with van der Waals surface area (Å²) in [4.78, 5) is 0. The molecule has 1 N–H and O–H groups in total. The molecule has 19 heavy (non-hydrogen) atoms. The second kappa shape index (κ2) is 4.82. The topological polar surface area (TPSA) is 21.3 Å². The Kier molecular flexibility index (Phi) is 3.30. The highest BCUT2D eigenvalue weighted by atomic mass is 16.5. The van der Waals surface area contributed by atoms with E-state index in [0.29, 0.717) is 6.04 Å². The quantitative estimate of drug-likeness (QED) is 0.891. The van der Waals surface area contributed by atoms with E-state index in [-0.39, 0.29) is 0 Å². The molecule has 2 aliphatic rings. The summed E-state index contributed by atoms with van der Waals surface area (Å²) in [6.07, 6.45) is 4.34. The third-order valence-electron chi connectivity index (χ3n) is 5.21. The Balaban J connectivity index is 1.88. The predicted octanol–water partition coefficient (Wildman–Crippen LogP) is 3.62. The summed E-state index contributed by atoms with van der Waals surface area (Å²) in [5, 5.41) is 3.56. The van der Waals surface area contributed by atoms with Gasteiger partial charge in [0.1, 0.15) is 5.75 Å². The molecular formula is C17H25NO. The van der Waals surface area contributed by atoms with Crippen LogP contribution in [0.25, 0.3) is 0 Å². The molecule has 0 bridgehead atoms. The molecule has 2 nitrogen and oxygen atoms in total. The number of methoxy groups -OCH3 is 1. The van der Waals surface area contributed by atoms with Crippen LogP contribution < -0.4 is 10.1 Å². The van der Waals surface area contributed by atoms with Crippen molar-refractivity contribution in [3.05, 3.63) is 28.8 Å². The van der Waals surface area contributed by atoms with Crippen molar-refractivity contribution in [2.24, 2.45) is 17.8 Å². The molecule has 2 heteroatoms. The minimum atomic E-state index is 0.526.